The number of rotatable bonds is 3. The first-order chi connectivity index (χ1) is 10.6. The van der Waals surface area contributed by atoms with Crippen molar-refractivity contribution in [2.24, 2.45) is 0 Å². The monoisotopic (exact) mass is 359 g/mol. The summed E-state index contributed by atoms with van der Waals surface area (Å²) in [6.45, 7) is 4.65. The number of nitrogens with zero attached hydrogens (tertiary/aromatic N) is 2. The highest BCUT2D eigenvalue weighted by atomic mass is 35.5. The van der Waals surface area contributed by atoms with Gasteiger partial charge < -0.3 is 14.6 Å². The molecule has 0 unspecified atom stereocenters. The van der Waals surface area contributed by atoms with Gasteiger partial charge in [-0.05, 0) is 19.1 Å². The van der Waals surface area contributed by atoms with Gasteiger partial charge in [0.15, 0.2) is 5.58 Å². The van der Waals surface area contributed by atoms with Gasteiger partial charge >= 0.3 is 5.76 Å². The number of hydrogen-bond donors (Lipinski definition) is 1. The number of aromatic nitrogens is 1. The van der Waals surface area contributed by atoms with Gasteiger partial charge in [-0.2, -0.15) is 0 Å². The van der Waals surface area contributed by atoms with E-state index in [2.05, 4.69) is 5.32 Å². The number of aryl methyl sites for hydroxylation is 1. The summed E-state index contributed by atoms with van der Waals surface area (Å²) < 4.78 is 6.65. The molecule has 0 bridgehead atoms. The smallest absolute Gasteiger partial charge is 0.408 e. The van der Waals surface area contributed by atoms with Crippen LogP contribution < -0.4 is 11.1 Å². The molecule has 1 aliphatic heterocycles. The van der Waals surface area contributed by atoms with Crippen molar-refractivity contribution >= 4 is 41.0 Å². The molecule has 3 rings (SSSR count). The maximum Gasteiger partial charge on any atom is 0.419 e. The van der Waals surface area contributed by atoms with Crippen molar-refractivity contribution in [3.8, 4) is 0 Å². The molecule has 1 aliphatic rings. The molecule has 1 fully saturated rings. The number of fused-ring (bicyclic) bond motifs is 1. The van der Waals surface area contributed by atoms with E-state index in [1.165, 1.54) is 4.57 Å². The number of carbonyl (C=O) groups is 1. The minimum absolute atomic E-state index is 0. The first-order valence-electron chi connectivity index (χ1n) is 7.35. The summed E-state index contributed by atoms with van der Waals surface area (Å²) in [6.07, 6.45) is 0.279. The van der Waals surface area contributed by atoms with E-state index in [0.717, 1.165) is 13.1 Å². The molecule has 0 saturated carbocycles. The van der Waals surface area contributed by atoms with Crippen LogP contribution >= 0.6 is 24.0 Å². The molecule has 0 radical (unpaired) electrons. The fraction of sp³-hybridized carbons (Fsp3) is 0.467. The van der Waals surface area contributed by atoms with Crippen molar-refractivity contribution in [1.29, 1.82) is 0 Å². The van der Waals surface area contributed by atoms with Gasteiger partial charge in [-0.1, -0.05) is 11.6 Å². The number of amides is 1. The Balaban J connectivity index is 0.00000192. The Kier molecular flexibility index (Phi) is 5.73. The number of oxazole rings is 1. The maximum atomic E-state index is 12.3. The number of piperazine rings is 1. The van der Waals surface area contributed by atoms with Crippen LogP contribution in [-0.2, 0) is 11.3 Å². The Hall–Kier alpha value is -1.50. The van der Waals surface area contributed by atoms with Crippen molar-refractivity contribution in [2.45, 2.75) is 25.9 Å². The molecule has 1 aromatic heterocycles. The normalized spacial score (nSPS) is 18.0. The molecule has 0 spiro atoms. The predicted octanol–water partition coefficient (Wildman–Crippen LogP) is 1.88. The number of benzene rings is 1. The molecule has 2 aromatic rings. The minimum atomic E-state index is -0.460. The van der Waals surface area contributed by atoms with Gasteiger partial charge in [0.05, 0.1) is 5.52 Å². The molecule has 0 aliphatic carbocycles. The average Bonchev–Trinajstić information content (AvgIpc) is 2.79. The quantitative estimate of drug-likeness (QED) is 0.908. The average molecular weight is 360 g/mol. The fourth-order valence-corrected chi connectivity index (χ4v) is 2.98. The molecule has 1 atom stereocenters. The third-order valence-electron chi connectivity index (χ3n) is 4.00. The van der Waals surface area contributed by atoms with Crippen LogP contribution in [0.3, 0.4) is 0 Å². The van der Waals surface area contributed by atoms with Crippen LogP contribution in [0.1, 0.15) is 13.3 Å². The lowest BCUT2D eigenvalue weighted by atomic mass is 10.2. The summed E-state index contributed by atoms with van der Waals surface area (Å²) >= 11 is 5.89. The van der Waals surface area contributed by atoms with Crippen LogP contribution in [-0.4, -0.2) is 41.1 Å². The maximum absolute atomic E-state index is 12.3. The lowest BCUT2D eigenvalue weighted by Crippen LogP contribution is -2.52. The first-order valence-corrected chi connectivity index (χ1v) is 7.73. The zero-order valence-corrected chi connectivity index (χ0v) is 14.3. The molecule has 1 aromatic carbocycles. The van der Waals surface area contributed by atoms with E-state index in [9.17, 15) is 9.59 Å². The van der Waals surface area contributed by atoms with Gasteiger partial charge in [-0.25, -0.2) is 4.79 Å². The molecule has 1 N–H and O–H groups in total. The Bertz CT molecular complexity index is 756. The Morgan fingerprint density at radius 1 is 1.48 bits per heavy atom. The lowest BCUT2D eigenvalue weighted by molar-refractivity contribution is -0.134. The number of halogens is 2. The van der Waals surface area contributed by atoms with Crippen LogP contribution in [0.25, 0.3) is 11.1 Å². The fourth-order valence-electron chi connectivity index (χ4n) is 2.81. The Morgan fingerprint density at radius 2 is 2.26 bits per heavy atom. The van der Waals surface area contributed by atoms with E-state index in [0.29, 0.717) is 29.2 Å². The third-order valence-corrected chi connectivity index (χ3v) is 4.24. The van der Waals surface area contributed by atoms with Gasteiger partial charge in [0.25, 0.3) is 0 Å². The van der Waals surface area contributed by atoms with Gasteiger partial charge in [-0.3, -0.25) is 9.36 Å². The topological polar surface area (TPSA) is 67.5 Å². The Morgan fingerprint density at radius 3 is 3.00 bits per heavy atom. The highest BCUT2D eigenvalue weighted by Crippen LogP contribution is 2.18. The van der Waals surface area contributed by atoms with E-state index < -0.39 is 5.76 Å². The summed E-state index contributed by atoms with van der Waals surface area (Å²) in [7, 11) is 0. The van der Waals surface area contributed by atoms with E-state index in [4.69, 9.17) is 16.0 Å². The number of nitrogens with one attached hydrogen (secondary N) is 1. The van der Waals surface area contributed by atoms with Crippen molar-refractivity contribution in [3.63, 3.8) is 0 Å². The molecular weight excluding hydrogens is 341 g/mol. The molecule has 8 heteroatoms. The highest BCUT2D eigenvalue weighted by molar-refractivity contribution is 6.31. The summed E-state index contributed by atoms with van der Waals surface area (Å²) in [5.74, 6) is -0.400. The van der Waals surface area contributed by atoms with Crippen molar-refractivity contribution in [1.82, 2.24) is 14.8 Å². The second-order valence-electron chi connectivity index (χ2n) is 5.52. The van der Waals surface area contributed by atoms with Crippen LogP contribution in [0.2, 0.25) is 5.02 Å². The van der Waals surface area contributed by atoms with E-state index in [1.807, 2.05) is 11.8 Å². The predicted molar refractivity (Wildman–Crippen MR) is 91.4 cm³/mol. The van der Waals surface area contributed by atoms with Crippen molar-refractivity contribution < 1.29 is 9.21 Å². The SMILES string of the molecule is C[C@@H]1CNCCN1C(=O)CCn1c(=O)oc2cc(Cl)ccc21.Cl. The minimum Gasteiger partial charge on any atom is -0.408 e. The molecule has 2 heterocycles. The zero-order valence-electron chi connectivity index (χ0n) is 12.8. The largest absolute Gasteiger partial charge is 0.419 e. The van der Waals surface area contributed by atoms with Crippen LogP contribution in [0.5, 0.6) is 0 Å². The summed E-state index contributed by atoms with van der Waals surface area (Å²) in [4.78, 5) is 26.1. The standard InChI is InChI=1S/C15H18ClN3O3.ClH/c1-10-9-17-5-7-18(10)14(20)4-6-19-12-3-2-11(16)8-13(12)22-15(19)21;/h2-3,8,10,17H,4-7,9H2,1H3;1H/t10-;/m1./s1. The van der Waals surface area contributed by atoms with Crippen molar-refractivity contribution in [2.75, 3.05) is 19.6 Å². The highest BCUT2D eigenvalue weighted by Gasteiger charge is 2.23. The summed E-state index contributed by atoms with van der Waals surface area (Å²) in [5, 5.41) is 3.76. The second kappa shape index (κ2) is 7.38. The van der Waals surface area contributed by atoms with Gasteiger partial charge in [-0.15, -0.1) is 12.4 Å². The third kappa shape index (κ3) is 3.71. The van der Waals surface area contributed by atoms with Gasteiger partial charge in [0, 0.05) is 49.7 Å². The molecule has 6 nitrogen and oxygen atoms in total. The Labute approximate surface area is 144 Å². The van der Waals surface area contributed by atoms with Gasteiger partial charge in [0.2, 0.25) is 5.91 Å². The molecule has 1 amide bonds. The number of carbonyl (C=O) groups excluding carboxylic acids is 1. The van der Waals surface area contributed by atoms with Crippen LogP contribution in [0, 0.1) is 0 Å². The molecule has 23 heavy (non-hydrogen) atoms. The van der Waals surface area contributed by atoms with Crippen molar-refractivity contribution in [3.05, 3.63) is 33.8 Å². The summed E-state index contributed by atoms with van der Waals surface area (Å²) in [6, 6.07) is 5.23. The lowest BCUT2D eigenvalue weighted by Gasteiger charge is -2.34. The number of hydrogen-bond acceptors (Lipinski definition) is 4. The molecular formula is C15H19Cl2N3O3. The van der Waals surface area contributed by atoms with Crippen LogP contribution in [0.4, 0.5) is 0 Å². The molecule has 126 valence electrons. The molecule has 1 saturated heterocycles. The van der Waals surface area contributed by atoms with E-state index in [-0.39, 0.29) is 30.8 Å². The second-order valence-corrected chi connectivity index (χ2v) is 5.96. The van der Waals surface area contributed by atoms with E-state index in [1.54, 1.807) is 18.2 Å². The van der Waals surface area contributed by atoms with E-state index >= 15 is 0 Å². The first kappa shape index (κ1) is 17.8. The summed E-state index contributed by atoms with van der Waals surface area (Å²) in [5.41, 5.74) is 1.11. The zero-order chi connectivity index (χ0) is 15.7. The van der Waals surface area contributed by atoms with Crippen LogP contribution in [0.15, 0.2) is 27.4 Å². The van der Waals surface area contributed by atoms with Gasteiger partial charge in [0.1, 0.15) is 0 Å².